The van der Waals surface area contributed by atoms with Crippen LogP contribution in [0.3, 0.4) is 0 Å². The Balaban J connectivity index is 2.67. The van der Waals surface area contributed by atoms with Crippen molar-refractivity contribution in [3.63, 3.8) is 0 Å². The van der Waals surface area contributed by atoms with Crippen molar-refractivity contribution in [2.45, 2.75) is 32.4 Å². The third-order valence-electron chi connectivity index (χ3n) is 2.56. The molecule has 0 saturated carbocycles. The van der Waals surface area contributed by atoms with Crippen LogP contribution in [0, 0.1) is 5.82 Å². The van der Waals surface area contributed by atoms with Gasteiger partial charge in [-0.2, -0.15) is 0 Å². The van der Waals surface area contributed by atoms with E-state index in [1.54, 1.807) is 19.2 Å². The molecule has 0 saturated heterocycles. The van der Waals surface area contributed by atoms with E-state index in [4.69, 9.17) is 4.74 Å². The lowest BCUT2D eigenvalue weighted by molar-refractivity contribution is 0.166. The summed E-state index contributed by atoms with van der Waals surface area (Å²) in [7, 11) is 1.68. The number of hydrogen-bond acceptors (Lipinski definition) is 2. The summed E-state index contributed by atoms with van der Waals surface area (Å²) in [4.78, 5) is 0. The van der Waals surface area contributed by atoms with Crippen molar-refractivity contribution in [1.82, 2.24) is 5.32 Å². The van der Waals surface area contributed by atoms with E-state index in [0.717, 1.165) is 12.0 Å². The summed E-state index contributed by atoms with van der Waals surface area (Å²) < 4.78 is 18.2. The number of methoxy groups -OCH3 is 1. The molecule has 90 valence electrons. The van der Waals surface area contributed by atoms with Gasteiger partial charge in [0.1, 0.15) is 5.82 Å². The quantitative estimate of drug-likeness (QED) is 0.803. The zero-order chi connectivity index (χ0) is 12.0. The molecule has 0 spiro atoms. The van der Waals surface area contributed by atoms with Crippen LogP contribution in [0.4, 0.5) is 4.39 Å². The van der Waals surface area contributed by atoms with Crippen LogP contribution in [0.15, 0.2) is 24.3 Å². The Kier molecular flexibility index (Phi) is 5.43. The van der Waals surface area contributed by atoms with Crippen LogP contribution in [0.2, 0.25) is 0 Å². The highest BCUT2D eigenvalue weighted by Gasteiger charge is 2.12. The topological polar surface area (TPSA) is 21.3 Å². The number of nitrogens with one attached hydrogen (secondary N) is 1. The summed E-state index contributed by atoms with van der Waals surface area (Å²) in [5.41, 5.74) is 0.991. The molecule has 0 heterocycles. The molecule has 0 aliphatic heterocycles. The van der Waals surface area contributed by atoms with Gasteiger partial charge < -0.3 is 10.1 Å². The second-order valence-corrected chi connectivity index (χ2v) is 4.04. The molecule has 1 N–H and O–H groups in total. The first-order valence-corrected chi connectivity index (χ1v) is 5.67. The lowest BCUT2D eigenvalue weighted by Crippen LogP contribution is -2.33. The second kappa shape index (κ2) is 6.61. The minimum Gasteiger partial charge on any atom is -0.383 e. The molecule has 0 bridgehead atoms. The van der Waals surface area contributed by atoms with Gasteiger partial charge in [-0.25, -0.2) is 4.39 Å². The fraction of sp³-hybridized carbons (Fsp3) is 0.538. The summed E-state index contributed by atoms with van der Waals surface area (Å²) in [6.07, 6.45) is 0.928. The van der Waals surface area contributed by atoms with Gasteiger partial charge in [0.15, 0.2) is 0 Å². The maximum Gasteiger partial charge on any atom is 0.123 e. The van der Waals surface area contributed by atoms with E-state index in [-0.39, 0.29) is 17.9 Å². The number of benzene rings is 1. The molecule has 16 heavy (non-hydrogen) atoms. The third kappa shape index (κ3) is 3.91. The van der Waals surface area contributed by atoms with Gasteiger partial charge in [-0.1, -0.05) is 19.1 Å². The second-order valence-electron chi connectivity index (χ2n) is 4.04. The maximum absolute atomic E-state index is 13.1. The van der Waals surface area contributed by atoms with Crippen LogP contribution < -0.4 is 5.32 Å². The average molecular weight is 225 g/mol. The van der Waals surface area contributed by atoms with E-state index >= 15 is 0 Å². The summed E-state index contributed by atoms with van der Waals surface area (Å²) >= 11 is 0. The average Bonchev–Trinajstić information content (AvgIpc) is 2.26. The Morgan fingerprint density at radius 1 is 1.44 bits per heavy atom. The van der Waals surface area contributed by atoms with Crippen molar-refractivity contribution in [2.75, 3.05) is 13.7 Å². The van der Waals surface area contributed by atoms with Gasteiger partial charge in [-0.05, 0) is 31.0 Å². The highest BCUT2D eigenvalue weighted by molar-refractivity contribution is 5.20. The first-order valence-electron chi connectivity index (χ1n) is 5.67. The Hall–Kier alpha value is -0.930. The van der Waals surface area contributed by atoms with E-state index in [9.17, 15) is 4.39 Å². The SMILES string of the molecule is CCC(NC(C)COC)c1cccc(F)c1. The van der Waals surface area contributed by atoms with Gasteiger partial charge in [0, 0.05) is 19.2 Å². The van der Waals surface area contributed by atoms with Gasteiger partial charge in [-0.15, -0.1) is 0 Å². The predicted molar refractivity (Wildman–Crippen MR) is 63.9 cm³/mol. The van der Waals surface area contributed by atoms with Gasteiger partial charge >= 0.3 is 0 Å². The number of hydrogen-bond donors (Lipinski definition) is 1. The molecule has 0 aliphatic carbocycles. The molecule has 2 nitrogen and oxygen atoms in total. The van der Waals surface area contributed by atoms with Gasteiger partial charge in [0.05, 0.1) is 6.61 Å². The van der Waals surface area contributed by atoms with Crippen LogP contribution >= 0.6 is 0 Å². The number of halogens is 1. The van der Waals surface area contributed by atoms with Crippen LogP contribution in [-0.2, 0) is 4.74 Å². The minimum absolute atomic E-state index is 0.181. The fourth-order valence-electron chi connectivity index (χ4n) is 1.81. The molecule has 2 unspecified atom stereocenters. The van der Waals surface area contributed by atoms with E-state index in [1.165, 1.54) is 6.07 Å². The lowest BCUT2D eigenvalue weighted by Gasteiger charge is -2.22. The first kappa shape index (κ1) is 13.1. The molecule has 0 aromatic heterocycles. The Morgan fingerprint density at radius 2 is 2.19 bits per heavy atom. The van der Waals surface area contributed by atoms with E-state index < -0.39 is 0 Å². The minimum atomic E-state index is -0.183. The Labute approximate surface area is 96.8 Å². The molecule has 0 fully saturated rings. The van der Waals surface area contributed by atoms with Gasteiger partial charge in [-0.3, -0.25) is 0 Å². The normalized spacial score (nSPS) is 14.8. The third-order valence-corrected chi connectivity index (χ3v) is 2.56. The van der Waals surface area contributed by atoms with Gasteiger partial charge in [0.25, 0.3) is 0 Å². The van der Waals surface area contributed by atoms with Crippen molar-refractivity contribution >= 4 is 0 Å². The van der Waals surface area contributed by atoms with E-state index in [1.807, 2.05) is 6.07 Å². The molecular formula is C13H20FNO. The molecule has 2 atom stereocenters. The molecule has 3 heteroatoms. The number of rotatable bonds is 6. The van der Waals surface area contributed by atoms with Crippen molar-refractivity contribution in [3.05, 3.63) is 35.6 Å². The molecule has 0 amide bonds. The first-order chi connectivity index (χ1) is 7.67. The number of ether oxygens (including phenoxy) is 1. The van der Waals surface area contributed by atoms with E-state index in [0.29, 0.717) is 6.61 Å². The van der Waals surface area contributed by atoms with Gasteiger partial charge in [0.2, 0.25) is 0 Å². The Morgan fingerprint density at radius 3 is 2.75 bits per heavy atom. The smallest absolute Gasteiger partial charge is 0.123 e. The monoisotopic (exact) mass is 225 g/mol. The zero-order valence-corrected chi connectivity index (χ0v) is 10.2. The summed E-state index contributed by atoms with van der Waals surface area (Å²) in [6.45, 7) is 4.80. The molecule has 0 aliphatic rings. The standard InChI is InChI=1S/C13H20FNO/c1-4-13(15-10(2)9-16-3)11-6-5-7-12(14)8-11/h5-8,10,13,15H,4,9H2,1-3H3. The highest BCUT2D eigenvalue weighted by Crippen LogP contribution is 2.18. The summed E-state index contributed by atoms with van der Waals surface area (Å²) in [6, 6.07) is 7.19. The van der Waals surface area contributed by atoms with Crippen molar-refractivity contribution in [1.29, 1.82) is 0 Å². The molecule has 0 radical (unpaired) electrons. The van der Waals surface area contributed by atoms with E-state index in [2.05, 4.69) is 19.2 Å². The largest absolute Gasteiger partial charge is 0.383 e. The lowest BCUT2D eigenvalue weighted by atomic mass is 10.0. The summed E-state index contributed by atoms with van der Waals surface area (Å²) in [5.74, 6) is -0.183. The van der Waals surface area contributed by atoms with Crippen LogP contribution in [0.1, 0.15) is 31.9 Å². The zero-order valence-electron chi connectivity index (χ0n) is 10.2. The van der Waals surface area contributed by atoms with Crippen LogP contribution in [-0.4, -0.2) is 19.8 Å². The fourth-order valence-corrected chi connectivity index (χ4v) is 1.81. The van der Waals surface area contributed by atoms with Crippen molar-refractivity contribution in [3.8, 4) is 0 Å². The predicted octanol–water partition coefficient (Wildman–Crippen LogP) is 2.90. The van der Waals surface area contributed by atoms with Crippen LogP contribution in [0.25, 0.3) is 0 Å². The van der Waals surface area contributed by atoms with Crippen molar-refractivity contribution < 1.29 is 9.13 Å². The molecule has 1 rings (SSSR count). The van der Waals surface area contributed by atoms with Crippen molar-refractivity contribution in [2.24, 2.45) is 0 Å². The van der Waals surface area contributed by atoms with Crippen LogP contribution in [0.5, 0.6) is 0 Å². The Bertz CT molecular complexity index is 317. The molecule has 1 aromatic rings. The summed E-state index contributed by atoms with van der Waals surface area (Å²) in [5, 5.41) is 3.42. The highest BCUT2D eigenvalue weighted by atomic mass is 19.1. The molecular weight excluding hydrogens is 205 g/mol. The molecule has 1 aromatic carbocycles. The maximum atomic E-state index is 13.1.